The van der Waals surface area contributed by atoms with Gasteiger partial charge in [0, 0.05) is 32.0 Å². The Hall–Kier alpha value is -1.42. The van der Waals surface area contributed by atoms with Gasteiger partial charge >= 0.3 is 0 Å². The summed E-state index contributed by atoms with van der Waals surface area (Å²) in [4.78, 5) is 18.1. The van der Waals surface area contributed by atoms with Crippen LogP contribution in [-0.2, 0) is 0 Å². The highest BCUT2D eigenvalue weighted by Gasteiger charge is 2.35. The number of aryl methyl sites for hydroxylation is 1. The zero-order valence-corrected chi connectivity index (χ0v) is 10.4. The Morgan fingerprint density at radius 1 is 1.59 bits per heavy atom. The van der Waals surface area contributed by atoms with Crippen LogP contribution in [0.2, 0.25) is 0 Å². The summed E-state index contributed by atoms with van der Waals surface area (Å²) < 4.78 is 0. The fraction of sp³-hybridized carbons (Fsp3) is 0.538. The van der Waals surface area contributed by atoms with Crippen molar-refractivity contribution in [1.82, 2.24) is 9.88 Å². The lowest BCUT2D eigenvalue weighted by Gasteiger charge is -2.27. The minimum atomic E-state index is 0.0172. The van der Waals surface area contributed by atoms with E-state index in [9.17, 15) is 4.79 Å². The highest BCUT2D eigenvalue weighted by atomic mass is 16.2. The molecule has 1 aromatic heterocycles. The van der Waals surface area contributed by atoms with Crippen molar-refractivity contribution < 1.29 is 4.79 Å². The third kappa shape index (κ3) is 2.64. The molecule has 1 aromatic rings. The van der Waals surface area contributed by atoms with Gasteiger partial charge in [0.15, 0.2) is 0 Å². The molecular weight excluding hydrogens is 214 g/mol. The molecule has 1 heterocycles. The van der Waals surface area contributed by atoms with Gasteiger partial charge in [-0.15, -0.1) is 0 Å². The van der Waals surface area contributed by atoms with Gasteiger partial charge < -0.3 is 10.6 Å². The first-order valence-electron chi connectivity index (χ1n) is 6.02. The number of carbonyl (C=O) groups is 1. The van der Waals surface area contributed by atoms with Crippen molar-refractivity contribution in [3.8, 4) is 0 Å². The second-order valence-electron chi connectivity index (χ2n) is 4.81. The predicted octanol–water partition coefficient (Wildman–Crippen LogP) is 1.20. The van der Waals surface area contributed by atoms with E-state index in [0.717, 1.165) is 5.56 Å². The molecule has 17 heavy (non-hydrogen) atoms. The SMILES string of the molecule is Cc1cncc(C(=O)N(C)C(CN)C2CC2)c1. The van der Waals surface area contributed by atoms with E-state index in [1.54, 1.807) is 17.3 Å². The first-order valence-corrected chi connectivity index (χ1v) is 6.02. The molecule has 1 unspecified atom stereocenters. The smallest absolute Gasteiger partial charge is 0.255 e. The number of nitrogens with zero attached hydrogens (tertiary/aromatic N) is 2. The summed E-state index contributed by atoms with van der Waals surface area (Å²) in [5.41, 5.74) is 7.40. The van der Waals surface area contributed by atoms with E-state index >= 15 is 0 Å². The third-order valence-corrected chi connectivity index (χ3v) is 3.35. The van der Waals surface area contributed by atoms with E-state index in [0.29, 0.717) is 18.0 Å². The predicted molar refractivity (Wildman–Crippen MR) is 66.6 cm³/mol. The van der Waals surface area contributed by atoms with Gasteiger partial charge in [-0.2, -0.15) is 0 Å². The minimum Gasteiger partial charge on any atom is -0.337 e. The van der Waals surface area contributed by atoms with E-state index in [1.165, 1.54) is 12.8 Å². The van der Waals surface area contributed by atoms with Crippen LogP contribution in [0.5, 0.6) is 0 Å². The van der Waals surface area contributed by atoms with E-state index in [-0.39, 0.29) is 11.9 Å². The number of hydrogen-bond acceptors (Lipinski definition) is 3. The molecule has 0 saturated heterocycles. The van der Waals surface area contributed by atoms with Crippen LogP contribution in [0.1, 0.15) is 28.8 Å². The fourth-order valence-corrected chi connectivity index (χ4v) is 2.17. The van der Waals surface area contributed by atoms with Crippen molar-refractivity contribution >= 4 is 5.91 Å². The number of hydrogen-bond donors (Lipinski definition) is 1. The quantitative estimate of drug-likeness (QED) is 0.850. The van der Waals surface area contributed by atoms with E-state index in [4.69, 9.17) is 5.73 Å². The molecule has 1 atom stereocenters. The lowest BCUT2D eigenvalue weighted by molar-refractivity contribution is 0.0718. The average Bonchev–Trinajstić information content (AvgIpc) is 3.13. The molecule has 4 heteroatoms. The molecular formula is C13H19N3O. The van der Waals surface area contributed by atoms with Crippen LogP contribution >= 0.6 is 0 Å². The van der Waals surface area contributed by atoms with Gasteiger partial charge in [0.2, 0.25) is 0 Å². The number of rotatable bonds is 4. The van der Waals surface area contributed by atoms with Crippen molar-refractivity contribution in [3.05, 3.63) is 29.6 Å². The molecule has 4 nitrogen and oxygen atoms in total. The molecule has 1 amide bonds. The number of likely N-dealkylation sites (N-methyl/N-ethyl adjacent to an activating group) is 1. The van der Waals surface area contributed by atoms with Gasteiger partial charge in [0.05, 0.1) is 5.56 Å². The van der Waals surface area contributed by atoms with Crippen molar-refractivity contribution in [2.45, 2.75) is 25.8 Å². The Labute approximate surface area is 102 Å². The minimum absolute atomic E-state index is 0.0172. The Kier molecular flexibility index (Phi) is 3.43. The van der Waals surface area contributed by atoms with Crippen molar-refractivity contribution in [1.29, 1.82) is 0 Å². The van der Waals surface area contributed by atoms with Gasteiger partial charge in [-0.25, -0.2) is 0 Å². The second-order valence-corrected chi connectivity index (χ2v) is 4.81. The normalized spacial score (nSPS) is 16.6. The third-order valence-electron chi connectivity index (χ3n) is 3.35. The highest BCUT2D eigenvalue weighted by molar-refractivity contribution is 5.94. The molecule has 2 N–H and O–H groups in total. The summed E-state index contributed by atoms with van der Waals surface area (Å²) in [6, 6.07) is 2.04. The number of carbonyl (C=O) groups excluding carboxylic acids is 1. The van der Waals surface area contributed by atoms with Gasteiger partial charge in [0.1, 0.15) is 0 Å². The molecule has 2 rings (SSSR count). The van der Waals surface area contributed by atoms with Gasteiger partial charge in [-0.1, -0.05) is 0 Å². The molecule has 0 aliphatic heterocycles. The Bertz CT molecular complexity index is 415. The van der Waals surface area contributed by atoms with Gasteiger partial charge in [0.25, 0.3) is 5.91 Å². The number of nitrogens with two attached hydrogens (primary N) is 1. The molecule has 1 aliphatic carbocycles. The molecule has 0 bridgehead atoms. The largest absolute Gasteiger partial charge is 0.337 e. The van der Waals surface area contributed by atoms with Crippen LogP contribution in [0, 0.1) is 12.8 Å². The first-order chi connectivity index (χ1) is 8.13. The van der Waals surface area contributed by atoms with Crippen LogP contribution < -0.4 is 5.73 Å². The lowest BCUT2D eigenvalue weighted by atomic mass is 10.1. The zero-order chi connectivity index (χ0) is 12.4. The maximum absolute atomic E-state index is 12.3. The summed E-state index contributed by atoms with van der Waals surface area (Å²) in [6.45, 7) is 2.47. The van der Waals surface area contributed by atoms with Gasteiger partial charge in [-0.05, 0) is 37.3 Å². The highest BCUT2D eigenvalue weighted by Crippen LogP contribution is 2.34. The summed E-state index contributed by atoms with van der Waals surface area (Å²) in [7, 11) is 1.83. The van der Waals surface area contributed by atoms with Crippen molar-refractivity contribution in [3.63, 3.8) is 0 Å². The Morgan fingerprint density at radius 3 is 2.82 bits per heavy atom. The first kappa shape index (κ1) is 12.0. The van der Waals surface area contributed by atoms with E-state index in [1.807, 2.05) is 20.0 Å². The van der Waals surface area contributed by atoms with Crippen LogP contribution in [0.3, 0.4) is 0 Å². The lowest BCUT2D eigenvalue weighted by Crippen LogP contribution is -2.43. The second kappa shape index (κ2) is 4.84. The van der Waals surface area contributed by atoms with Crippen LogP contribution in [-0.4, -0.2) is 35.4 Å². The van der Waals surface area contributed by atoms with E-state index < -0.39 is 0 Å². The summed E-state index contributed by atoms with van der Waals surface area (Å²) in [5.74, 6) is 0.607. The Morgan fingerprint density at radius 2 is 2.29 bits per heavy atom. The monoisotopic (exact) mass is 233 g/mol. The molecule has 0 spiro atoms. The molecule has 1 saturated carbocycles. The summed E-state index contributed by atoms with van der Waals surface area (Å²) >= 11 is 0. The molecule has 92 valence electrons. The number of pyridine rings is 1. The van der Waals surface area contributed by atoms with Crippen LogP contribution in [0.15, 0.2) is 18.5 Å². The molecule has 0 aromatic carbocycles. The van der Waals surface area contributed by atoms with Crippen molar-refractivity contribution in [2.75, 3.05) is 13.6 Å². The van der Waals surface area contributed by atoms with Crippen molar-refractivity contribution in [2.24, 2.45) is 11.7 Å². The Balaban J connectivity index is 2.13. The zero-order valence-electron chi connectivity index (χ0n) is 10.4. The van der Waals surface area contributed by atoms with Crippen LogP contribution in [0.25, 0.3) is 0 Å². The topological polar surface area (TPSA) is 59.2 Å². The molecule has 1 aliphatic rings. The van der Waals surface area contributed by atoms with Gasteiger partial charge in [-0.3, -0.25) is 9.78 Å². The summed E-state index contributed by atoms with van der Waals surface area (Å²) in [5, 5.41) is 0. The molecule has 1 fully saturated rings. The van der Waals surface area contributed by atoms with Crippen LogP contribution in [0.4, 0.5) is 0 Å². The van der Waals surface area contributed by atoms with E-state index in [2.05, 4.69) is 4.98 Å². The maximum atomic E-state index is 12.3. The standard InChI is InChI=1S/C13H19N3O/c1-9-5-11(8-15-7-9)13(17)16(2)12(6-14)10-3-4-10/h5,7-8,10,12H,3-4,6,14H2,1-2H3. The fourth-order valence-electron chi connectivity index (χ4n) is 2.17. The maximum Gasteiger partial charge on any atom is 0.255 e. The average molecular weight is 233 g/mol. The number of aromatic nitrogens is 1. The molecule has 0 radical (unpaired) electrons. The summed E-state index contributed by atoms with van der Waals surface area (Å²) in [6.07, 6.45) is 5.74. The number of amides is 1.